The van der Waals surface area contributed by atoms with E-state index in [1.165, 1.54) is 6.08 Å². The third-order valence-corrected chi connectivity index (χ3v) is 2.34. The van der Waals surface area contributed by atoms with Crippen LogP contribution in [0.4, 0.5) is 0 Å². The quantitative estimate of drug-likeness (QED) is 0.564. The molecule has 1 unspecified atom stereocenters. The van der Waals surface area contributed by atoms with Gasteiger partial charge in [-0.25, -0.2) is 0 Å². The van der Waals surface area contributed by atoms with E-state index in [1.807, 2.05) is 24.3 Å². The highest BCUT2D eigenvalue weighted by atomic mass is 16.7. The van der Waals surface area contributed by atoms with E-state index in [0.29, 0.717) is 6.79 Å². The maximum atomic E-state index is 10.4. The van der Waals surface area contributed by atoms with Gasteiger partial charge in [0.25, 0.3) is 0 Å². The summed E-state index contributed by atoms with van der Waals surface area (Å²) in [6, 6.07) is 0. The van der Waals surface area contributed by atoms with E-state index in [-0.39, 0.29) is 12.2 Å². The van der Waals surface area contributed by atoms with Crippen molar-refractivity contribution in [2.75, 3.05) is 6.79 Å². The van der Waals surface area contributed by atoms with Crippen LogP contribution in [0.15, 0.2) is 48.1 Å². The normalized spacial score (nSPS) is 28.6. The van der Waals surface area contributed by atoms with Crippen LogP contribution in [-0.2, 0) is 14.3 Å². The van der Waals surface area contributed by atoms with Gasteiger partial charge in [-0.15, -0.1) is 0 Å². The molecule has 0 spiro atoms. The Morgan fingerprint density at radius 1 is 1.38 bits per heavy atom. The first-order chi connectivity index (χ1) is 7.75. The van der Waals surface area contributed by atoms with Gasteiger partial charge in [0.05, 0.1) is 0 Å². The predicted octanol–water partition coefficient (Wildman–Crippen LogP) is 0.822. The van der Waals surface area contributed by atoms with Crippen LogP contribution in [0, 0.1) is 0 Å². The minimum Gasteiger partial charge on any atom is -0.366 e. The molecule has 0 radical (unpaired) electrons. The Labute approximate surface area is 93.7 Å². The van der Waals surface area contributed by atoms with Crippen LogP contribution in [0.2, 0.25) is 0 Å². The van der Waals surface area contributed by atoms with E-state index in [2.05, 4.69) is 0 Å². The van der Waals surface area contributed by atoms with E-state index in [4.69, 9.17) is 15.2 Å². The lowest BCUT2D eigenvalue weighted by Crippen LogP contribution is -2.20. The minimum atomic E-state index is -0.453. The molecule has 2 atom stereocenters. The van der Waals surface area contributed by atoms with E-state index in [9.17, 15) is 4.79 Å². The van der Waals surface area contributed by atoms with Crippen molar-refractivity contribution < 1.29 is 14.3 Å². The van der Waals surface area contributed by atoms with Gasteiger partial charge in [-0.3, -0.25) is 4.79 Å². The lowest BCUT2D eigenvalue weighted by Gasteiger charge is -2.14. The number of hydrogen-bond donors (Lipinski definition) is 1. The van der Waals surface area contributed by atoms with Crippen LogP contribution in [0.1, 0.15) is 0 Å². The molecule has 16 heavy (non-hydrogen) atoms. The van der Waals surface area contributed by atoms with E-state index in [0.717, 1.165) is 5.57 Å². The summed E-state index contributed by atoms with van der Waals surface area (Å²) in [4.78, 5) is 10.4. The number of amides is 1. The highest BCUT2D eigenvalue weighted by molar-refractivity contribution is 5.86. The Morgan fingerprint density at radius 3 is 3.00 bits per heavy atom. The molecule has 4 heteroatoms. The second-order valence-corrected chi connectivity index (χ2v) is 3.53. The number of fused-ring (bicyclic) bond motifs is 1. The van der Waals surface area contributed by atoms with Gasteiger partial charge in [0, 0.05) is 6.08 Å². The lowest BCUT2D eigenvalue weighted by molar-refractivity contribution is -0.113. The molecule has 0 aromatic heterocycles. The number of hydrogen-bond acceptors (Lipinski definition) is 3. The molecule has 1 fully saturated rings. The van der Waals surface area contributed by atoms with Gasteiger partial charge in [0.2, 0.25) is 5.91 Å². The number of nitrogens with two attached hydrogens (primary N) is 1. The summed E-state index contributed by atoms with van der Waals surface area (Å²) in [6.45, 7) is 0.342. The van der Waals surface area contributed by atoms with Crippen molar-refractivity contribution in [1.29, 1.82) is 0 Å². The summed E-state index contributed by atoms with van der Waals surface area (Å²) in [5, 5.41) is 0. The second kappa shape index (κ2) is 4.92. The molecule has 4 nitrogen and oxygen atoms in total. The molecular formula is C12H13NO3. The molecule has 1 aliphatic heterocycles. The Bertz CT molecular complexity index is 393. The highest BCUT2D eigenvalue weighted by Crippen LogP contribution is 2.22. The smallest absolute Gasteiger partial charge is 0.241 e. The summed E-state index contributed by atoms with van der Waals surface area (Å²) in [5.41, 5.74) is 5.99. The fourth-order valence-electron chi connectivity index (χ4n) is 1.57. The zero-order valence-corrected chi connectivity index (χ0v) is 8.71. The molecular weight excluding hydrogens is 206 g/mol. The Balaban J connectivity index is 1.96. The van der Waals surface area contributed by atoms with Crippen LogP contribution < -0.4 is 5.73 Å². The van der Waals surface area contributed by atoms with Crippen molar-refractivity contribution in [3.8, 4) is 0 Å². The number of carbonyl (C=O) groups is 1. The summed E-state index contributed by atoms with van der Waals surface area (Å²) in [5.74, 6) is -0.453. The zero-order valence-electron chi connectivity index (χ0n) is 8.71. The summed E-state index contributed by atoms with van der Waals surface area (Å²) >= 11 is 0. The van der Waals surface area contributed by atoms with E-state index >= 15 is 0 Å². The molecule has 0 saturated carbocycles. The average Bonchev–Trinajstić information content (AvgIpc) is 2.71. The first-order valence-electron chi connectivity index (χ1n) is 5.03. The fourth-order valence-corrected chi connectivity index (χ4v) is 1.57. The third kappa shape index (κ3) is 2.68. The van der Waals surface area contributed by atoms with Gasteiger partial charge in [-0.1, -0.05) is 30.4 Å². The van der Waals surface area contributed by atoms with E-state index in [1.54, 1.807) is 12.2 Å². The molecule has 0 aromatic carbocycles. The molecule has 2 rings (SSSR count). The zero-order chi connectivity index (χ0) is 11.4. The Morgan fingerprint density at radius 2 is 2.19 bits per heavy atom. The molecule has 1 saturated heterocycles. The first kappa shape index (κ1) is 10.9. The minimum absolute atomic E-state index is 0.00442. The number of carbonyl (C=O) groups excluding carboxylic acids is 1. The topological polar surface area (TPSA) is 61.6 Å². The van der Waals surface area contributed by atoms with E-state index < -0.39 is 5.91 Å². The van der Waals surface area contributed by atoms with Gasteiger partial charge in [0.1, 0.15) is 19.0 Å². The second-order valence-electron chi connectivity index (χ2n) is 3.53. The molecule has 1 heterocycles. The molecule has 2 N–H and O–H groups in total. The third-order valence-electron chi connectivity index (χ3n) is 2.34. The molecule has 1 aliphatic carbocycles. The fraction of sp³-hybridized carbons (Fsp3) is 0.250. The van der Waals surface area contributed by atoms with Crippen molar-refractivity contribution in [3.63, 3.8) is 0 Å². The predicted molar refractivity (Wildman–Crippen MR) is 59.3 cm³/mol. The van der Waals surface area contributed by atoms with Crippen molar-refractivity contribution in [2.45, 2.75) is 12.2 Å². The van der Waals surface area contributed by atoms with Gasteiger partial charge in [-0.2, -0.15) is 0 Å². The molecule has 0 bridgehead atoms. The Hall–Kier alpha value is -1.65. The Kier molecular flexibility index (Phi) is 3.34. The highest BCUT2D eigenvalue weighted by Gasteiger charge is 2.27. The summed E-state index contributed by atoms with van der Waals surface area (Å²) in [6.07, 6.45) is 12.5. The largest absolute Gasteiger partial charge is 0.366 e. The number of ether oxygens (including phenoxy) is 2. The monoisotopic (exact) mass is 219 g/mol. The van der Waals surface area contributed by atoms with Gasteiger partial charge in [0.15, 0.2) is 0 Å². The lowest BCUT2D eigenvalue weighted by atomic mass is 10.0. The number of allylic oxidation sites excluding steroid dienone is 5. The standard InChI is InChI=1S/C12H13NO3/c13-12(14)4-2-1-3-9-5-6-10-11(7-9)16-8-15-10/h1-7,10-11H,8H2,(H2,13,14)/b3-1-,4-2+/t10-,11?/m1/s1. The van der Waals surface area contributed by atoms with Crippen molar-refractivity contribution in [3.05, 3.63) is 48.1 Å². The SMILES string of the molecule is NC(=O)/C=C/C=C\C1=CC2OCO[C@@H]2C=C1. The summed E-state index contributed by atoms with van der Waals surface area (Å²) < 4.78 is 10.7. The maximum Gasteiger partial charge on any atom is 0.241 e. The molecule has 0 aromatic rings. The van der Waals surface area contributed by atoms with Gasteiger partial charge >= 0.3 is 0 Å². The van der Waals surface area contributed by atoms with Crippen LogP contribution in [-0.4, -0.2) is 24.9 Å². The van der Waals surface area contributed by atoms with Crippen LogP contribution >= 0.6 is 0 Å². The molecule has 2 aliphatic rings. The van der Waals surface area contributed by atoms with Crippen molar-refractivity contribution >= 4 is 5.91 Å². The number of rotatable bonds is 3. The van der Waals surface area contributed by atoms with Crippen molar-refractivity contribution in [2.24, 2.45) is 5.73 Å². The number of primary amides is 1. The summed E-state index contributed by atoms with van der Waals surface area (Å²) in [7, 11) is 0. The maximum absolute atomic E-state index is 10.4. The van der Waals surface area contributed by atoms with Crippen LogP contribution in [0.5, 0.6) is 0 Å². The van der Waals surface area contributed by atoms with Crippen molar-refractivity contribution in [1.82, 2.24) is 0 Å². The molecule has 1 amide bonds. The first-order valence-corrected chi connectivity index (χ1v) is 5.03. The van der Waals surface area contributed by atoms with Gasteiger partial charge in [-0.05, 0) is 11.6 Å². The van der Waals surface area contributed by atoms with Gasteiger partial charge < -0.3 is 15.2 Å². The molecule has 84 valence electrons. The average molecular weight is 219 g/mol. The van der Waals surface area contributed by atoms with Crippen LogP contribution in [0.3, 0.4) is 0 Å². The van der Waals surface area contributed by atoms with Crippen LogP contribution in [0.25, 0.3) is 0 Å².